The molecule has 4 aromatic rings. The first-order valence-electron chi connectivity index (χ1n) is 8.76. The van der Waals surface area contributed by atoms with Gasteiger partial charge in [-0.2, -0.15) is 0 Å². The number of rotatable bonds is 4. The van der Waals surface area contributed by atoms with Crippen LogP contribution in [0, 0.1) is 13.8 Å². The summed E-state index contributed by atoms with van der Waals surface area (Å²) in [5, 5.41) is 8.96. The summed E-state index contributed by atoms with van der Waals surface area (Å²) >= 11 is 0. The maximum Gasteiger partial charge on any atom is 0.187 e. The van der Waals surface area contributed by atoms with Gasteiger partial charge in [0.15, 0.2) is 5.82 Å². The number of nitrogens with zero attached hydrogens (tertiary/aromatic N) is 4. The fourth-order valence-corrected chi connectivity index (χ4v) is 2.94. The Morgan fingerprint density at radius 2 is 1.78 bits per heavy atom. The summed E-state index contributed by atoms with van der Waals surface area (Å²) in [6, 6.07) is 19.7. The minimum Gasteiger partial charge on any atom is -0.497 e. The predicted molar refractivity (Wildman–Crippen MR) is 107 cm³/mol. The molecule has 4 rings (SSSR count). The highest BCUT2D eigenvalue weighted by atomic mass is 16.5. The van der Waals surface area contributed by atoms with Crippen LogP contribution >= 0.6 is 0 Å². The number of benzene rings is 2. The van der Waals surface area contributed by atoms with E-state index in [1.165, 1.54) is 11.1 Å². The quantitative estimate of drug-likeness (QED) is 0.418. The van der Waals surface area contributed by atoms with Gasteiger partial charge < -0.3 is 4.74 Å². The minimum atomic E-state index is 0.705. The summed E-state index contributed by atoms with van der Waals surface area (Å²) in [4.78, 5) is 4.78. The molecule has 5 heteroatoms. The van der Waals surface area contributed by atoms with Crippen LogP contribution in [0.5, 0.6) is 5.75 Å². The summed E-state index contributed by atoms with van der Waals surface area (Å²) in [6.45, 7) is 4.21. The van der Waals surface area contributed by atoms with E-state index in [9.17, 15) is 0 Å². The van der Waals surface area contributed by atoms with Gasteiger partial charge in [-0.05, 0) is 55.3 Å². The van der Waals surface area contributed by atoms with E-state index in [0.29, 0.717) is 5.82 Å². The first-order valence-corrected chi connectivity index (χ1v) is 8.76. The van der Waals surface area contributed by atoms with Gasteiger partial charge in [0.25, 0.3) is 0 Å². The fraction of sp³-hybridized carbons (Fsp3) is 0.136. The zero-order valence-corrected chi connectivity index (χ0v) is 15.5. The molecule has 2 aromatic heterocycles. The third-order valence-electron chi connectivity index (χ3n) is 4.60. The Kier molecular flexibility index (Phi) is 4.42. The maximum atomic E-state index is 5.26. The first-order chi connectivity index (χ1) is 13.2. The molecule has 0 fully saturated rings. The molecule has 134 valence electrons. The van der Waals surface area contributed by atoms with Crippen molar-refractivity contribution in [3.8, 4) is 17.0 Å². The zero-order valence-electron chi connectivity index (χ0n) is 15.5. The molecule has 0 saturated heterocycles. The van der Waals surface area contributed by atoms with Gasteiger partial charge in [0.2, 0.25) is 0 Å². The molecule has 0 saturated carbocycles. The molecule has 2 heterocycles. The third kappa shape index (κ3) is 3.31. The Bertz CT molecular complexity index is 1140. The molecular weight excluding hydrogens is 336 g/mol. The lowest BCUT2D eigenvalue weighted by Crippen LogP contribution is -1.85. The van der Waals surface area contributed by atoms with Crippen LogP contribution in [0.2, 0.25) is 0 Å². The Morgan fingerprint density at radius 3 is 2.59 bits per heavy atom. The Hall–Kier alpha value is -3.47. The number of pyridine rings is 1. The molecule has 5 nitrogen and oxygen atoms in total. The predicted octanol–water partition coefficient (Wildman–Crippen LogP) is 6.04. The lowest BCUT2D eigenvalue weighted by atomic mass is 10.0. The number of hydrogen-bond donors (Lipinski definition) is 0. The van der Waals surface area contributed by atoms with Crippen molar-refractivity contribution in [3.05, 3.63) is 78.0 Å². The van der Waals surface area contributed by atoms with Crippen molar-refractivity contribution >= 4 is 17.2 Å². The number of aromatic nitrogens is 2. The second-order valence-corrected chi connectivity index (χ2v) is 6.41. The van der Waals surface area contributed by atoms with Crippen LogP contribution in [-0.4, -0.2) is 16.5 Å². The number of imidazole rings is 1. The third-order valence-corrected chi connectivity index (χ3v) is 4.60. The average molecular weight is 356 g/mol. The highest BCUT2D eigenvalue weighted by Crippen LogP contribution is 2.33. The number of fused-ring (bicyclic) bond motifs is 1. The summed E-state index contributed by atoms with van der Waals surface area (Å²) < 4.78 is 7.21. The van der Waals surface area contributed by atoms with Gasteiger partial charge in [-0.1, -0.05) is 24.3 Å². The van der Waals surface area contributed by atoms with Crippen LogP contribution < -0.4 is 4.74 Å². The smallest absolute Gasteiger partial charge is 0.187 e. The van der Waals surface area contributed by atoms with E-state index in [1.54, 1.807) is 7.11 Å². The molecular formula is C22H20N4O. The monoisotopic (exact) mass is 356 g/mol. The lowest BCUT2D eigenvalue weighted by molar-refractivity contribution is 0.415. The summed E-state index contributed by atoms with van der Waals surface area (Å²) in [6.07, 6.45) is 1.95. The summed E-state index contributed by atoms with van der Waals surface area (Å²) in [7, 11) is 1.64. The Morgan fingerprint density at radius 1 is 0.889 bits per heavy atom. The SMILES string of the molecule is COc1cccc(N=Nc2c(-c3ccc(C)c(C)c3)nc3ccccn23)c1. The lowest BCUT2D eigenvalue weighted by Gasteiger charge is -2.04. The Labute approximate surface area is 158 Å². The van der Waals surface area contributed by atoms with Gasteiger partial charge in [0.1, 0.15) is 17.1 Å². The van der Waals surface area contributed by atoms with Crippen LogP contribution in [0.4, 0.5) is 11.5 Å². The van der Waals surface area contributed by atoms with Gasteiger partial charge in [0.05, 0.1) is 12.8 Å². The van der Waals surface area contributed by atoms with E-state index in [0.717, 1.165) is 28.3 Å². The molecule has 2 aromatic carbocycles. The van der Waals surface area contributed by atoms with Crippen molar-refractivity contribution in [2.75, 3.05) is 7.11 Å². The van der Waals surface area contributed by atoms with Crippen molar-refractivity contribution in [2.45, 2.75) is 13.8 Å². The second kappa shape index (κ2) is 7.03. The van der Waals surface area contributed by atoms with Gasteiger partial charge >= 0.3 is 0 Å². The molecule has 0 bridgehead atoms. The van der Waals surface area contributed by atoms with Gasteiger partial charge in [-0.3, -0.25) is 4.40 Å². The zero-order chi connectivity index (χ0) is 18.8. The van der Waals surface area contributed by atoms with E-state index in [2.05, 4.69) is 42.3 Å². The van der Waals surface area contributed by atoms with E-state index in [4.69, 9.17) is 9.72 Å². The van der Waals surface area contributed by atoms with E-state index >= 15 is 0 Å². The molecule has 0 aliphatic heterocycles. The molecule has 27 heavy (non-hydrogen) atoms. The van der Waals surface area contributed by atoms with Crippen LogP contribution in [0.15, 0.2) is 77.1 Å². The molecule has 0 aliphatic carbocycles. The molecule has 0 radical (unpaired) electrons. The van der Waals surface area contributed by atoms with E-state index in [-0.39, 0.29) is 0 Å². The van der Waals surface area contributed by atoms with Gasteiger partial charge in [0, 0.05) is 17.8 Å². The normalized spacial score (nSPS) is 11.4. The average Bonchev–Trinajstić information content (AvgIpc) is 3.07. The molecule has 0 amide bonds. The highest BCUT2D eigenvalue weighted by Gasteiger charge is 2.14. The molecule has 0 atom stereocenters. The molecule has 0 spiro atoms. The van der Waals surface area contributed by atoms with Crippen LogP contribution in [0.1, 0.15) is 11.1 Å². The number of hydrogen-bond acceptors (Lipinski definition) is 4. The van der Waals surface area contributed by atoms with Gasteiger partial charge in [-0.15, -0.1) is 10.2 Å². The largest absolute Gasteiger partial charge is 0.497 e. The number of aryl methyl sites for hydroxylation is 2. The van der Waals surface area contributed by atoms with Crippen molar-refractivity contribution in [1.82, 2.24) is 9.38 Å². The summed E-state index contributed by atoms with van der Waals surface area (Å²) in [5.41, 5.74) is 5.89. The standard InChI is InChI=1S/C22H20N4O/c1-15-10-11-17(13-16(15)2)21-22(26-12-5-4-9-20(26)23-21)25-24-18-7-6-8-19(14-18)27-3/h4-14H,1-3H3. The molecule has 0 unspecified atom stereocenters. The van der Waals surface area contributed by atoms with Gasteiger partial charge in [-0.25, -0.2) is 4.98 Å². The number of methoxy groups -OCH3 is 1. The van der Waals surface area contributed by atoms with Crippen molar-refractivity contribution in [1.29, 1.82) is 0 Å². The Balaban J connectivity index is 1.85. The first kappa shape index (κ1) is 17.0. The highest BCUT2D eigenvalue weighted by molar-refractivity contribution is 5.75. The second-order valence-electron chi connectivity index (χ2n) is 6.41. The topological polar surface area (TPSA) is 51.2 Å². The minimum absolute atomic E-state index is 0.705. The molecule has 0 N–H and O–H groups in total. The molecule has 0 aliphatic rings. The number of azo groups is 1. The van der Waals surface area contributed by atoms with Crippen molar-refractivity contribution in [2.24, 2.45) is 10.2 Å². The maximum absolute atomic E-state index is 5.26. The van der Waals surface area contributed by atoms with E-state index < -0.39 is 0 Å². The van der Waals surface area contributed by atoms with E-state index in [1.807, 2.05) is 53.1 Å². The van der Waals surface area contributed by atoms with Crippen molar-refractivity contribution < 1.29 is 4.74 Å². The summed E-state index contributed by atoms with van der Waals surface area (Å²) in [5.74, 6) is 1.45. The fourth-order valence-electron chi connectivity index (χ4n) is 2.94. The number of ether oxygens (including phenoxy) is 1. The van der Waals surface area contributed by atoms with Crippen LogP contribution in [0.25, 0.3) is 16.9 Å². The van der Waals surface area contributed by atoms with Crippen LogP contribution in [-0.2, 0) is 0 Å². The van der Waals surface area contributed by atoms with Crippen LogP contribution in [0.3, 0.4) is 0 Å². The van der Waals surface area contributed by atoms with Crippen molar-refractivity contribution in [3.63, 3.8) is 0 Å².